The molecule has 4 aromatic heterocycles. The first-order chi connectivity index (χ1) is 21.4. The van der Waals surface area contributed by atoms with Crippen molar-refractivity contribution in [2.24, 2.45) is 0 Å². The first-order valence-electron chi connectivity index (χ1n) is 15.6. The molecule has 5 rings (SSSR count). The lowest BCUT2D eigenvalue weighted by Gasteiger charge is -2.35. The van der Waals surface area contributed by atoms with Crippen LogP contribution in [-0.4, -0.2) is 70.2 Å². The van der Waals surface area contributed by atoms with E-state index in [2.05, 4.69) is 47.5 Å². The Morgan fingerprint density at radius 2 is 2.00 bits per heavy atom. The molecule has 11 heteroatoms. The second-order valence-electron chi connectivity index (χ2n) is 13.8. The number of carbonyl (C=O) groups excluding carboxylic acids is 1. The molecule has 238 valence electrons. The standard InChI is InChI=1S/C34H45N7O3Si/c1-8-24-13-14-28(38-32(24)40-16-10-12-26(22-40)37-33(42)44-34(2,3)4)31-27-19-29(25-11-9-15-35-20-25)36-21-30(27)41(39-31)23-43-17-18-45(5,6)7/h8-9,11,13-15,19-21,26H,1,10,12,16-18,22-23H2,2-7H3,(H,37,42). The van der Waals surface area contributed by atoms with Crippen LogP contribution in [0.15, 0.2) is 55.5 Å². The Morgan fingerprint density at radius 1 is 1.18 bits per heavy atom. The van der Waals surface area contributed by atoms with Crippen molar-refractivity contribution in [3.63, 3.8) is 0 Å². The van der Waals surface area contributed by atoms with E-state index in [0.717, 1.165) is 70.4 Å². The van der Waals surface area contributed by atoms with Gasteiger partial charge in [0.2, 0.25) is 0 Å². The molecule has 45 heavy (non-hydrogen) atoms. The Labute approximate surface area is 266 Å². The third-order valence-electron chi connectivity index (χ3n) is 7.61. The van der Waals surface area contributed by atoms with Crippen molar-refractivity contribution in [2.75, 3.05) is 24.6 Å². The average molecular weight is 628 g/mol. The van der Waals surface area contributed by atoms with Crippen molar-refractivity contribution in [1.29, 1.82) is 0 Å². The van der Waals surface area contributed by atoms with Crippen molar-refractivity contribution >= 4 is 37.0 Å². The minimum absolute atomic E-state index is 0.0572. The van der Waals surface area contributed by atoms with E-state index in [-0.39, 0.29) is 6.04 Å². The number of rotatable bonds is 10. The molecule has 0 saturated carbocycles. The first kappa shape index (κ1) is 32.3. The Bertz CT molecular complexity index is 1640. The third-order valence-corrected chi connectivity index (χ3v) is 9.32. The number of nitrogens with zero attached hydrogens (tertiary/aromatic N) is 6. The Kier molecular flexibility index (Phi) is 9.69. The fraction of sp³-hybridized carbons (Fsp3) is 0.441. The Hall–Kier alpha value is -4.09. The molecule has 0 spiro atoms. The molecule has 1 aliphatic heterocycles. The van der Waals surface area contributed by atoms with Gasteiger partial charge in [-0.3, -0.25) is 9.97 Å². The number of fused-ring (bicyclic) bond motifs is 1. The molecule has 1 atom stereocenters. The summed E-state index contributed by atoms with van der Waals surface area (Å²) in [6, 6.07) is 11.0. The molecule has 10 nitrogen and oxygen atoms in total. The van der Waals surface area contributed by atoms with Gasteiger partial charge < -0.3 is 19.7 Å². The maximum atomic E-state index is 12.5. The highest BCUT2D eigenvalue weighted by Gasteiger charge is 2.27. The van der Waals surface area contributed by atoms with Gasteiger partial charge in [0.25, 0.3) is 0 Å². The monoisotopic (exact) mass is 627 g/mol. The zero-order valence-corrected chi connectivity index (χ0v) is 28.3. The highest BCUT2D eigenvalue weighted by molar-refractivity contribution is 6.76. The predicted octanol–water partition coefficient (Wildman–Crippen LogP) is 7.00. The minimum atomic E-state index is -1.22. The molecule has 1 unspecified atom stereocenters. The fourth-order valence-electron chi connectivity index (χ4n) is 5.33. The molecular formula is C34H45N7O3Si. The lowest BCUT2D eigenvalue weighted by atomic mass is 10.0. The van der Waals surface area contributed by atoms with Crippen LogP contribution in [0.25, 0.3) is 39.6 Å². The van der Waals surface area contributed by atoms with Gasteiger partial charge in [-0.15, -0.1) is 0 Å². The lowest BCUT2D eigenvalue weighted by Crippen LogP contribution is -2.49. The maximum Gasteiger partial charge on any atom is 0.407 e. The summed E-state index contributed by atoms with van der Waals surface area (Å²) in [7, 11) is -1.22. The molecule has 0 aromatic carbocycles. The SMILES string of the molecule is C=Cc1ccc(-c2nn(COCC[Si](C)(C)C)c3cnc(-c4cccnc4)cc23)nc1N1CCCC(NC(=O)OC(C)(C)C)C1. The summed E-state index contributed by atoms with van der Waals surface area (Å²) in [5, 5.41) is 9.01. The Balaban J connectivity index is 1.48. The number of alkyl carbamates (subject to hydrolysis) is 1. The van der Waals surface area contributed by atoms with Crippen molar-refractivity contribution in [2.45, 2.75) is 77.7 Å². The lowest BCUT2D eigenvalue weighted by molar-refractivity contribution is 0.0500. The second-order valence-corrected chi connectivity index (χ2v) is 19.4. The van der Waals surface area contributed by atoms with Gasteiger partial charge in [-0.25, -0.2) is 14.5 Å². The third kappa shape index (κ3) is 8.34. The maximum absolute atomic E-state index is 12.5. The molecule has 0 aliphatic carbocycles. The molecule has 0 radical (unpaired) electrons. The normalized spacial score (nSPS) is 15.7. The molecule has 1 N–H and O–H groups in total. The largest absolute Gasteiger partial charge is 0.444 e. The van der Waals surface area contributed by atoms with E-state index in [9.17, 15) is 4.79 Å². The molecular weight excluding hydrogens is 583 g/mol. The summed E-state index contributed by atoms with van der Waals surface area (Å²) >= 11 is 0. The van der Waals surface area contributed by atoms with E-state index < -0.39 is 19.8 Å². The number of amides is 1. The van der Waals surface area contributed by atoms with E-state index >= 15 is 0 Å². The topological polar surface area (TPSA) is 107 Å². The summed E-state index contributed by atoms with van der Waals surface area (Å²) in [5.41, 5.74) is 4.48. The molecule has 1 aliphatic rings. The minimum Gasteiger partial charge on any atom is -0.444 e. The summed E-state index contributed by atoms with van der Waals surface area (Å²) < 4.78 is 13.5. The van der Waals surface area contributed by atoms with Gasteiger partial charge >= 0.3 is 6.09 Å². The summed E-state index contributed by atoms with van der Waals surface area (Å²) in [6.45, 7) is 19.1. The number of pyridine rings is 3. The van der Waals surface area contributed by atoms with Gasteiger partial charge in [0.1, 0.15) is 23.8 Å². The number of carbonyl (C=O) groups is 1. The van der Waals surface area contributed by atoms with E-state index in [1.807, 2.05) is 68.2 Å². The quantitative estimate of drug-likeness (QED) is 0.148. The van der Waals surface area contributed by atoms with Crippen LogP contribution in [0.4, 0.5) is 10.6 Å². The summed E-state index contributed by atoms with van der Waals surface area (Å²) in [6.07, 6.45) is 8.62. The van der Waals surface area contributed by atoms with E-state index in [4.69, 9.17) is 24.5 Å². The van der Waals surface area contributed by atoms with Crippen LogP contribution in [0, 0.1) is 0 Å². The molecule has 0 bridgehead atoms. The molecule has 1 saturated heterocycles. The second kappa shape index (κ2) is 13.5. The molecule has 4 aromatic rings. The highest BCUT2D eigenvalue weighted by Crippen LogP contribution is 2.33. The van der Waals surface area contributed by atoms with Crippen molar-refractivity contribution in [3.8, 4) is 22.6 Å². The van der Waals surface area contributed by atoms with Crippen molar-refractivity contribution < 1.29 is 14.3 Å². The van der Waals surface area contributed by atoms with Gasteiger partial charge in [0.15, 0.2) is 0 Å². The van der Waals surface area contributed by atoms with E-state index in [1.54, 1.807) is 6.20 Å². The first-order valence-corrected chi connectivity index (χ1v) is 19.3. The van der Waals surface area contributed by atoms with Gasteiger partial charge in [0, 0.05) is 62.7 Å². The van der Waals surface area contributed by atoms with Crippen molar-refractivity contribution in [3.05, 3.63) is 61.1 Å². The number of nitrogens with one attached hydrogen (secondary N) is 1. The average Bonchev–Trinajstić information content (AvgIpc) is 3.36. The van der Waals surface area contributed by atoms with Crippen LogP contribution < -0.4 is 10.2 Å². The number of hydrogen-bond donors (Lipinski definition) is 1. The van der Waals surface area contributed by atoms with Gasteiger partial charge in [-0.2, -0.15) is 5.10 Å². The van der Waals surface area contributed by atoms with Gasteiger partial charge in [-0.05, 0) is 70.0 Å². The molecule has 1 amide bonds. The number of piperidine rings is 1. The summed E-state index contributed by atoms with van der Waals surface area (Å²) in [5.74, 6) is 0.814. The fourth-order valence-corrected chi connectivity index (χ4v) is 6.08. The van der Waals surface area contributed by atoms with Crippen LogP contribution in [0.3, 0.4) is 0 Å². The van der Waals surface area contributed by atoms with Crippen LogP contribution in [-0.2, 0) is 16.2 Å². The number of hydrogen-bond acceptors (Lipinski definition) is 8. The number of anilines is 1. The van der Waals surface area contributed by atoms with Crippen LogP contribution in [0.5, 0.6) is 0 Å². The molecule has 5 heterocycles. The smallest absolute Gasteiger partial charge is 0.407 e. The summed E-state index contributed by atoms with van der Waals surface area (Å²) in [4.78, 5) is 28.9. The van der Waals surface area contributed by atoms with Crippen LogP contribution >= 0.6 is 0 Å². The van der Waals surface area contributed by atoms with E-state index in [0.29, 0.717) is 19.9 Å². The number of aromatic nitrogens is 5. The highest BCUT2D eigenvalue weighted by atomic mass is 28.3. The van der Waals surface area contributed by atoms with Crippen molar-refractivity contribution in [1.82, 2.24) is 30.0 Å². The molecule has 1 fully saturated rings. The van der Waals surface area contributed by atoms with Crippen LogP contribution in [0.1, 0.15) is 39.2 Å². The van der Waals surface area contributed by atoms with Gasteiger partial charge in [-0.1, -0.05) is 32.3 Å². The predicted molar refractivity (Wildman–Crippen MR) is 183 cm³/mol. The van der Waals surface area contributed by atoms with Gasteiger partial charge in [0.05, 0.1) is 23.1 Å². The number of ether oxygens (including phenoxy) is 2. The zero-order valence-electron chi connectivity index (χ0n) is 27.3. The zero-order chi connectivity index (χ0) is 32.2. The van der Waals surface area contributed by atoms with Crippen LogP contribution in [0.2, 0.25) is 25.7 Å². The Morgan fingerprint density at radius 3 is 2.71 bits per heavy atom. The van der Waals surface area contributed by atoms with E-state index in [1.165, 1.54) is 0 Å².